The molecule has 2 aromatic carbocycles. The second kappa shape index (κ2) is 8.81. The molecule has 0 unspecified atom stereocenters. The van der Waals surface area contributed by atoms with E-state index < -0.39 is 21.6 Å². The summed E-state index contributed by atoms with van der Waals surface area (Å²) in [4.78, 5) is 12.6. The van der Waals surface area contributed by atoms with Crippen LogP contribution in [0.5, 0.6) is 0 Å². The van der Waals surface area contributed by atoms with Gasteiger partial charge in [0, 0.05) is 35.3 Å². The standard InChI is InChI=1S/C21H24ClFN2O3S/c1-14-10-15(2)12-17(11-14)24-21(26)16-6-8-25(9-7-16)29(27,28)13-18-19(22)4-3-5-20(18)23/h3-5,10-12,16H,6-9,13H2,1-2H3,(H,24,26). The van der Waals surface area contributed by atoms with E-state index in [-0.39, 0.29) is 35.5 Å². The molecule has 29 heavy (non-hydrogen) atoms. The minimum atomic E-state index is -3.72. The highest BCUT2D eigenvalue weighted by atomic mass is 35.5. The maximum atomic E-state index is 14.0. The van der Waals surface area contributed by atoms with Crippen LogP contribution in [-0.4, -0.2) is 31.7 Å². The van der Waals surface area contributed by atoms with E-state index in [4.69, 9.17) is 11.6 Å². The number of amides is 1. The van der Waals surface area contributed by atoms with Gasteiger partial charge >= 0.3 is 0 Å². The van der Waals surface area contributed by atoms with Crippen molar-refractivity contribution in [3.8, 4) is 0 Å². The Balaban J connectivity index is 1.61. The molecule has 0 aliphatic carbocycles. The molecule has 0 radical (unpaired) electrons. The summed E-state index contributed by atoms with van der Waals surface area (Å²) < 4.78 is 40.7. The van der Waals surface area contributed by atoms with Crippen LogP contribution < -0.4 is 5.32 Å². The Morgan fingerprint density at radius 2 is 1.79 bits per heavy atom. The first-order valence-electron chi connectivity index (χ1n) is 9.45. The molecule has 0 spiro atoms. The zero-order valence-corrected chi connectivity index (χ0v) is 18.0. The fourth-order valence-electron chi connectivity index (χ4n) is 3.63. The minimum Gasteiger partial charge on any atom is -0.326 e. The van der Waals surface area contributed by atoms with Crippen LogP contribution in [0.2, 0.25) is 5.02 Å². The van der Waals surface area contributed by atoms with Crippen molar-refractivity contribution >= 4 is 33.2 Å². The number of halogens is 2. The lowest BCUT2D eigenvalue weighted by Gasteiger charge is -2.30. The number of sulfonamides is 1. The number of benzene rings is 2. The van der Waals surface area contributed by atoms with Crippen molar-refractivity contribution in [3.05, 3.63) is 63.9 Å². The van der Waals surface area contributed by atoms with Crippen molar-refractivity contribution in [1.29, 1.82) is 0 Å². The van der Waals surface area contributed by atoms with Crippen molar-refractivity contribution in [2.45, 2.75) is 32.4 Å². The molecule has 1 aliphatic rings. The van der Waals surface area contributed by atoms with E-state index in [9.17, 15) is 17.6 Å². The molecule has 1 N–H and O–H groups in total. The molecule has 0 saturated carbocycles. The number of hydrogen-bond acceptors (Lipinski definition) is 3. The third-order valence-electron chi connectivity index (χ3n) is 5.10. The molecule has 0 aromatic heterocycles. The zero-order chi connectivity index (χ0) is 21.2. The molecular formula is C21H24ClFN2O3S. The molecule has 3 rings (SSSR count). The Bertz CT molecular complexity index is 978. The van der Waals surface area contributed by atoms with Gasteiger partial charge in [-0.25, -0.2) is 17.1 Å². The molecule has 1 saturated heterocycles. The molecule has 2 aromatic rings. The number of carbonyl (C=O) groups excluding carboxylic acids is 1. The zero-order valence-electron chi connectivity index (χ0n) is 16.4. The third-order valence-corrected chi connectivity index (χ3v) is 7.26. The molecule has 1 heterocycles. The van der Waals surface area contributed by atoms with Gasteiger partial charge in [-0.15, -0.1) is 0 Å². The van der Waals surface area contributed by atoms with Crippen molar-refractivity contribution in [1.82, 2.24) is 4.31 Å². The molecule has 5 nitrogen and oxygen atoms in total. The van der Waals surface area contributed by atoms with Gasteiger partial charge in [-0.2, -0.15) is 0 Å². The van der Waals surface area contributed by atoms with E-state index in [1.54, 1.807) is 0 Å². The van der Waals surface area contributed by atoms with Gasteiger partial charge in [0.2, 0.25) is 15.9 Å². The summed E-state index contributed by atoms with van der Waals surface area (Å²) in [6, 6.07) is 9.94. The van der Waals surface area contributed by atoms with Gasteiger partial charge in [-0.1, -0.05) is 23.7 Å². The molecule has 1 amide bonds. The van der Waals surface area contributed by atoms with Gasteiger partial charge in [-0.05, 0) is 62.1 Å². The number of rotatable bonds is 5. The second-order valence-corrected chi connectivity index (χ2v) is 9.87. The SMILES string of the molecule is Cc1cc(C)cc(NC(=O)C2CCN(S(=O)(=O)Cc3c(F)cccc3Cl)CC2)c1. The Kier molecular flexibility index (Phi) is 6.61. The van der Waals surface area contributed by atoms with Crippen LogP contribution in [0.15, 0.2) is 36.4 Å². The summed E-state index contributed by atoms with van der Waals surface area (Å²) in [6.45, 7) is 4.38. The van der Waals surface area contributed by atoms with E-state index in [1.807, 2.05) is 32.0 Å². The Morgan fingerprint density at radius 3 is 2.38 bits per heavy atom. The van der Waals surface area contributed by atoms with Gasteiger partial charge in [0.05, 0.1) is 5.75 Å². The summed E-state index contributed by atoms with van der Waals surface area (Å²) in [5.74, 6) is -1.50. The van der Waals surface area contributed by atoms with Crippen LogP contribution in [-0.2, 0) is 20.6 Å². The van der Waals surface area contributed by atoms with Crippen LogP contribution in [0.25, 0.3) is 0 Å². The van der Waals surface area contributed by atoms with Gasteiger partial charge in [0.15, 0.2) is 0 Å². The molecule has 0 bridgehead atoms. The molecule has 1 fully saturated rings. The van der Waals surface area contributed by atoms with Crippen molar-refractivity contribution < 1.29 is 17.6 Å². The third kappa shape index (κ3) is 5.35. The van der Waals surface area contributed by atoms with E-state index >= 15 is 0 Å². The van der Waals surface area contributed by atoms with E-state index in [0.717, 1.165) is 16.8 Å². The van der Waals surface area contributed by atoms with Crippen molar-refractivity contribution in [2.24, 2.45) is 5.92 Å². The van der Waals surface area contributed by atoms with Gasteiger partial charge < -0.3 is 5.32 Å². The molecular weight excluding hydrogens is 415 g/mol. The first-order chi connectivity index (χ1) is 13.7. The number of carbonyl (C=O) groups is 1. The topological polar surface area (TPSA) is 66.5 Å². The number of aryl methyl sites for hydroxylation is 2. The maximum absolute atomic E-state index is 14.0. The van der Waals surface area contributed by atoms with Crippen LogP contribution >= 0.6 is 11.6 Å². The van der Waals surface area contributed by atoms with Gasteiger partial charge in [-0.3, -0.25) is 4.79 Å². The lowest BCUT2D eigenvalue weighted by Crippen LogP contribution is -2.42. The van der Waals surface area contributed by atoms with E-state index in [1.165, 1.54) is 22.5 Å². The van der Waals surface area contributed by atoms with Crippen molar-refractivity contribution in [3.63, 3.8) is 0 Å². The predicted octanol–water partition coefficient (Wildman–Crippen LogP) is 4.28. The Morgan fingerprint density at radius 1 is 1.17 bits per heavy atom. The normalized spacial score (nSPS) is 16.0. The predicted molar refractivity (Wildman–Crippen MR) is 113 cm³/mol. The van der Waals surface area contributed by atoms with Gasteiger partial charge in [0.25, 0.3) is 0 Å². The first-order valence-corrected chi connectivity index (χ1v) is 11.4. The fraction of sp³-hybridized carbons (Fsp3) is 0.381. The van der Waals surface area contributed by atoms with Crippen molar-refractivity contribution in [2.75, 3.05) is 18.4 Å². The number of hydrogen-bond donors (Lipinski definition) is 1. The smallest absolute Gasteiger partial charge is 0.227 e. The van der Waals surface area contributed by atoms with Crippen LogP contribution in [0.1, 0.15) is 29.5 Å². The maximum Gasteiger partial charge on any atom is 0.227 e. The monoisotopic (exact) mass is 438 g/mol. The molecule has 8 heteroatoms. The van der Waals surface area contributed by atoms with Crippen LogP contribution in [0, 0.1) is 25.6 Å². The highest BCUT2D eigenvalue weighted by Gasteiger charge is 2.32. The minimum absolute atomic E-state index is 0.0242. The molecule has 156 valence electrons. The summed E-state index contributed by atoms with van der Waals surface area (Å²) in [6.07, 6.45) is 0.835. The fourth-order valence-corrected chi connectivity index (χ4v) is 5.55. The highest BCUT2D eigenvalue weighted by Crippen LogP contribution is 2.26. The van der Waals surface area contributed by atoms with Crippen LogP contribution in [0.4, 0.5) is 10.1 Å². The number of anilines is 1. The Labute approximate surface area is 175 Å². The quantitative estimate of drug-likeness (QED) is 0.757. The average Bonchev–Trinajstić information content (AvgIpc) is 2.64. The largest absolute Gasteiger partial charge is 0.326 e. The summed E-state index contributed by atoms with van der Waals surface area (Å²) >= 11 is 5.96. The van der Waals surface area contributed by atoms with Gasteiger partial charge in [0.1, 0.15) is 5.82 Å². The highest BCUT2D eigenvalue weighted by molar-refractivity contribution is 7.88. The summed E-state index contributed by atoms with van der Waals surface area (Å²) in [7, 11) is -3.72. The lowest BCUT2D eigenvalue weighted by atomic mass is 9.97. The van der Waals surface area contributed by atoms with E-state index in [2.05, 4.69) is 5.32 Å². The molecule has 0 atom stereocenters. The Hall–Kier alpha value is -1.96. The number of nitrogens with zero attached hydrogens (tertiary/aromatic N) is 1. The summed E-state index contributed by atoms with van der Waals surface area (Å²) in [5.41, 5.74) is 2.85. The molecule has 1 aliphatic heterocycles. The van der Waals surface area contributed by atoms with Crippen LogP contribution in [0.3, 0.4) is 0 Å². The number of piperidine rings is 1. The summed E-state index contributed by atoms with van der Waals surface area (Å²) in [5, 5.41) is 3.02. The average molecular weight is 439 g/mol. The lowest BCUT2D eigenvalue weighted by molar-refractivity contribution is -0.120. The first kappa shape index (κ1) is 21.7. The van der Waals surface area contributed by atoms with E-state index in [0.29, 0.717) is 12.8 Å². The second-order valence-electron chi connectivity index (χ2n) is 7.50. The number of nitrogens with one attached hydrogen (secondary N) is 1.